The van der Waals surface area contributed by atoms with Gasteiger partial charge in [-0.3, -0.25) is 19.7 Å². The molecule has 0 aromatic heterocycles. The third-order valence-electron chi connectivity index (χ3n) is 1.95. The Bertz CT molecular complexity index is 700. The first-order chi connectivity index (χ1) is 7.91. The van der Waals surface area contributed by atoms with Gasteiger partial charge in [0.05, 0.1) is 4.92 Å². The van der Waals surface area contributed by atoms with Crippen LogP contribution in [0.25, 0.3) is 0 Å². The van der Waals surface area contributed by atoms with Crippen molar-refractivity contribution >= 4 is 45.0 Å². The van der Waals surface area contributed by atoms with Crippen LogP contribution in [-0.2, 0) is 9.59 Å². The van der Waals surface area contributed by atoms with Gasteiger partial charge in [-0.1, -0.05) is 11.6 Å². The van der Waals surface area contributed by atoms with Crippen molar-refractivity contribution in [1.82, 2.24) is 0 Å². The minimum atomic E-state index is -1.15. The molecule has 86 valence electrons. The number of nitrogens with zero attached hydrogens (tertiary/aromatic N) is 3. The summed E-state index contributed by atoms with van der Waals surface area (Å²) in [7, 11) is 0. The molecule has 0 fully saturated rings. The summed E-state index contributed by atoms with van der Waals surface area (Å²) in [6.45, 7) is 0. The molecule has 9 heteroatoms. The lowest BCUT2D eigenvalue weighted by atomic mass is 10.2. The summed E-state index contributed by atoms with van der Waals surface area (Å²) in [6.07, 6.45) is 0. The van der Waals surface area contributed by atoms with Gasteiger partial charge in [-0.15, -0.1) is 0 Å². The number of carbonyl (C=O) groups is 2. The van der Waals surface area contributed by atoms with Gasteiger partial charge in [-0.2, -0.15) is 4.99 Å². The Morgan fingerprint density at radius 3 is 2.47 bits per heavy atom. The molecule has 1 aliphatic heterocycles. The molecule has 0 unspecified atom stereocenters. The largest absolute Gasteiger partial charge is 0.338 e. The van der Waals surface area contributed by atoms with E-state index >= 15 is 0 Å². The van der Waals surface area contributed by atoms with Gasteiger partial charge in [-0.25, -0.2) is 4.99 Å². The number of rotatable bonds is 1. The van der Waals surface area contributed by atoms with Gasteiger partial charge in [0.25, 0.3) is 0 Å². The van der Waals surface area contributed by atoms with Crippen molar-refractivity contribution < 1.29 is 14.5 Å². The second kappa shape index (κ2) is 3.97. The molecule has 7 nitrogen and oxygen atoms in total. The molecule has 0 saturated heterocycles. The molecule has 1 aromatic rings. The van der Waals surface area contributed by atoms with Crippen molar-refractivity contribution in [2.75, 3.05) is 0 Å². The molecular formula is C8HBrClN3O4. The van der Waals surface area contributed by atoms with Crippen LogP contribution in [-0.4, -0.2) is 16.7 Å². The number of carbonyl (C=O) groups excluding carboxylic acids is 2. The Balaban J connectivity index is 3.02. The Morgan fingerprint density at radius 1 is 1.29 bits per heavy atom. The number of nitro benzene ring substituents is 1. The van der Waals surface area contributed by atoms with Crippen LogP contribution in [0.15, 0.2) is 20.5 Å². The molecular weight excluding hydrogens is 317 g/mol. The predicted octanol–water partition coefficient (Wildman–Crippen LogP) is 0.317. The average Bonchev–Trinajstić information content (AvgIpc) is 2.23. The van der Waals surface area contributed by atoms with Crippen molar-refractivity contribution in [2.45, 2.75) is 0 Å². The maximum absolute atomic E-state index is 11.0. The minimum Gasteiger partial charge on any atom is -0.261 e. The molecule has 0 atom stereocenters. The quantitative estimate of drug-likeness (QED) is 0.422. The second-order valence-electron chi connectivity index (χ2n) is 2.98. The van der Waals surface area contributed by atoms with Crippen molar-refractivity contribution in [3.8, 4) is 0 Å². The van der Waals surface area contributed by atoms with Crippen LogP contribution in [0.4, 0.5) is 5.69 Å². The summed E-state index contributed by atoms with van der Waals surface area (Å²) in [5, 5.41) is 10.3. The van der Waals surface area contributed by atoms with E-state index in [-0.39, 0.29) is 20.2 Å². The summed E-state index contributed by atoms with van der Waals surface area (Å²) in [5.41, 5.74) is -0.555. The second-order valence-corrected chi connectivity index (χ2v) is 4.21. The summed E-state index contributed by atoms with van der Waals surface area (Å²) in [6, 6.07) is 1.29. The smallest absolute Gasteiger partial charge is 0.261 e. The summed E-state index contributed by atoms with van der Waals surface area (Å²) < 4.78 is 0.200. The lowest BCUT2D eigenvalue weighted by Crippen LogP contribution is -2.36. The number of hydrogen-bond donors (Lipinski definition) is 0. The number of amides is 2. The standard InChI is InChI=1S/C8HBrClN3O4/c9-2-1-3-5(6(4(2)10)13(16)17)12-8(15)7(14)11-3/h1H. The number of nitro groups is 1. The molecule has 0 spiro atoms. The monoisotopic (exact) mass is 317 g/mol. The van der Waals surface area contributed by atoms with Crippen LogP contribution in [0.1, 0.15) is 0 Å². The van der Waals surface area contributed by atoms with Gasteiger partial charge in [0.1, 0.15) is 10.4 Å². The van der Waals surface area contributed by atoms with Crippen molar-refractivity contribution in [1.29, 1.82) is 0 Å². The van der Waals surface area contributed by atoms with Crippen LogP contribution >= 0.6 is 27.5 Å². The Hall–Kier alpha value is -1.67. The fourth-order valence-electron chi connectivity index (χ4n) is 1.26. The normalized spacial score (nSPS) is 13.8. The van der Waals surface area contributed by atoms with Gasteiger partial charge in [0.15, 0.2) is 5.36 Å². The molecule has 1 aromatic carbocycles. The highest BCUT2D eigenvalue weighted by atomic mass is 79.9. The zero-order valence-electron chi connectivity index (χ0n) is 7.81. The van der Waals surface area contributed by atoms with Gasteiger partial charge in [0, 0.05) is 4.47 Å². The highest BCUT2D eigenvalue weighted by Gasteiger charge is 2.25. The van der Waals surface area contributed by atoms with E-state index in [1.165, 1.54) is 6.07 Å². The van der Waals surface area contributed by atoms with E-state index in [4.69, 9.17) is 11.6 Å². The van der Waals surface area contributed by atoms with E-state index in [1.807, 2.05) is 0 Å². The zero-order valence-corrected chi connectivity index (χ0v) is 10.1. The summed E-state index contributed by atoms with van der Waals surface area (Å²) in [5.74, 6) is -2.22. The molecule has 0 aliphatic carbocycles. The molecule has 0 bridgehead atoms. The van der Waals surface area contributed by atoms with Crippen LogP contribution in [0.2, 0.25) is 5.02 Å². The predicted molar refractivity (Wildman–Crippen MR) is 58.1 cm³/mol. The van der Waals surface area contributed by atoms with Crippen molar-refractivity contribution in [3.63, 3.8) is 0 Å². The molecule has 17 heavy (non-hydrogen) atoms. The first kappa shape index (κ1) is 11.8. The van der Waals surface area contributed by atoms with E-state index in [9.17, 15) is 19.7 Å². The molecule has 1 heterocycles. The molecule has 0 saturated carbocycles. The maximum atomic E-state index is 11.0. The van der Waals surface area contributed by atoms with Crippen LogP contribution in [0, 0.1) is 10.1 Å². The number of fused-ring (bicyclic) bond motifs is 1. The summed E-state index contributed by atoms with van der Waals surface area (Å²) >= 11 is 8.72. The maximum Gasteiger partial charge on any atom is 0.338 e. The third kappa shape index (κ3) is 1.85. The number of hydrogen-bond acceptors (Lipinski definition) is 4. The van der Waals surface area contributed by atoms with Crippen LogP contribution in [0.5, 0.6) is 0 Å². The molecule has 2 rings (SSSR count). The Labute approximate surface area is 106 Å². The van der Waals surface area contributed by atoms with Crippen LogP contribution in [0.3, 0.4) is 0 Å². The number of halogens is 2. The van der Waals surface area contributed by atoms with Gasteiger partial charge < -0.3 is 0 Å². The van der Waals surface area contributed by atoms with Crippen molar-refractivity contribution in [2.24, 2.45) is 9.98 Å². The highest BCUT2D eigenvalue weighted by Crippen LogP contribution is 2.27. The lowest BCUT2D eigenvalue weighted by Gasteiger charge is -2.02. The first-order valence-corrected chi connectivity index (χ1v) is 5.27. The SMILES string of the molecule is O=C1N=c2cc(Br)c(Cl)c([N+](=O)[O-])c2=NC1=O. The van der Waals surface area contributed by atoms with Gasteiger partial charge in [0.2, 0.25) is 0 Å². The molecule has 0 radical (unpaired) electrons. The minimum absolute atomic E-state index is 0.0578. The number of benzene rings is 1. The Kier molecular flexibility index (Phi) is 2.76. The zero-order chi connectivity index (χ0) is 12.7. The first-order valence-electron chi connectivity index (χ1n) is 4.10. The molecule has 0 N–H and O–H groups in total. The fourth-order valence-corrected chi connectivity index (χ4v) is 1.88. The highest BCUT2D eigenvalue weighted by molar-refractivity contribution is 9.10. The van der Waals surface area contributed by atoms with E-state index < -0.39 is 22.4 Å². The average molecular weight is 318 g/mol. The molecule has 1 aliphatic rings. The van der Waals surface area contributed by atoms with Gasteiger partial charge >= 0.3 is 17.5 Å². The van der Waals surface area contributed by atoms with E-state index in [0.29, 0.717) is 0 Å². The summed E-state index contributed by atoms with van der Waals surface area (Å²) in [4.78, 5) is 38.8. The lowest BCUT2D eigenvalue weighted by molar-refractivity contribution is -0.386. The van der Waals surface area contributed by atoms with Crippen LogP contribution < -0.4 is 10.7 Å². The van der Waals surface area contributed by atoms with Gasteiger partial charge in [-0.05, 0) is 22.0 Å². The fraction of sp³-hybridized carbons (Fsp3) is 0. The third-order valence-corrected chi connectivity index (χ3v) is 3.19. The van der Waals surface area contributed by atoms with E-state index in [2.05, 4.69) is 25.9 Å². The van der Waals surface area contributed by atoms with E-state index in [0.717, 1.165) is 0 Å². The molecule has 2 amide bonds. The Morgan fingerprint density at radius 2 is 1.88 bits per heavy atom. The van der Waals surface area contributed by atoms with E-state index in [1.54, 1.807) is 0 Å². The van der Waals surface area contributed by atoms with Crippen molar-refractivity contribution in [3.05, 3.63) is 36.4 Å². The topological polar surface area (TPSA) is 102 Å².